The van der Waals surface area contributed by atoms with Gasteiger partial charge in [0.25, 0.3) is 0 Å². The van der Waals surface area contributed by atoms with Gasteiger partial charge in [0, 0.05) is 18.2 Å². The first-order valence-corrected chi connectivity index (χ1v) is 10.7. The van der Waals surface area contributed by atoms with Gasteiger partial charge in [0.15, 0.2) is 15.0 Å². The molecule has 8 heteroatoms. The van der Waals surface area contributed by atoms with E-state index in [1.807, 2.05) is 16.7 Å². The van der Waals surface area contributed by atoms with Crippen LogP contribution in [0.25, 0.3) is 0 Å². The third kappa shape index (κ3) is 4.11. The monoisotopic (exact) mass is 374 g/mol. The zero-order valence-corrected chi connectivity index (χ0v) is 15.3. The lowest BCUT2D eigenvalue weighted by molar-refractivity contribution is 0.597. The Balaban J connectivity index is 1.77. The summed E-state index contributed by atoms with van der Waals surface area (Å²) >= 11 is 1.54. The minimum atomic E-state index is -2.97. The predicted octanol–water partition coefficient (Wildman–Crippen LogP) is 2.53. The molecule has 6 nitrogen and oxygen atoms in total. The van der Waals surface area contributed by atoms with Gasteiger partial charge < -0.3 is 4.57 Å². The second-order valence-corrected chi connectivity index (χ2v) is 9.11. The summed E-state index contributed by atoms with van der Waals surface area (Å²) in [6, 6.07) is 9.52. The van der Waals surface area contributed by atoms with E-state index in [0.717, 1.165) is 16.5 Å². The Hall–Kier alpha value is -2.11. The molecule has 1 aliphatic rings. The Kier molecular flexibility index (Phi) is 5.25. The molecule has 3 rings (SSSR count). The van der Waals surface area contributed by atoms with Crippen molar-refractivity contribution in [3.8, 4) is 6.07 Å². The lowest BCUT2D eigenvalue weighted by atomic mass is 10.1. The van der Waals surface area contributed by atoms with E-state index in [1.54, 1.807) is 30.0 Å². The average molecular weight is 374 g/mol. The van der Waals surface area contributed by atoms with E-state index >= 15 is 0 Å². The van der Waals surface area contributed by atoms with Crippen molar-refractivity contribution < 1.29 is 8.42 Å². The lowest BCUT2D eigenvalue weighted by Gasteiger charge is -2.11. The molecule has 130 valence electrons. The molecule has 2 aromatic rings. The molecular formula is C17H18N4O2S2. The van der Waals surface area contributed by atoms with Crippen LogP contribution in [-0.2, 0) is 22.1 Å². The lowest BCUT2D eigenvalue weighted by Crippen LogP contribution is -2.11. The summed E-state index contributed by atoms with van der Waals surface area (Å²) in [5, 5.41) is 18.1. The van der Waals surface area contributed by atoms with Crippen molar-refractivity contribution in [3.63, 3.8) is 0 Å². The molecule has 0 N–H and O–H groups in total. The molecule has 1 atom stereocenters. The Bertz CT molecular complexity index is 911. The number of aromatic nitrogens is 3. The summed E-state index contributed by atoms with van der Waals surface area (Å²) < 4.78 is 25.4. The maximum atomic E-state index is 11.7. The maximum Gasteiger partial charge on any atom is 0.191 e. The van der Waals surface area contributed by atoms with Gasteiger partial charge in [-0.1, -0.05) is 30.0 Å². The zero-order valence-electron chi connectivity index (χ0n) is 13.6. The van der Waals surface area contributed by atoms with Crippen LogP contribution in [0.5, 0.6) is 0 Å². The van der Waals surface area contributed by atoms with Crippen molar-refractivity contribution in [1.29, 1.82) is 5.26 Å². The number of rotatable bonds is 6. The smallest absolute Gasteiger partial charge is 0.191 e. The summed E-state index contributed by atoms with van der Waals surface area (Å²) in [6.07, 6.45) is 2.36. The van der Waals surface area contributed by atoms with Gasteiger partial charge in [0.05, 0.1) is 23.1 Å². The molecule has 0 aliphatic carbocycles. The first-order valence-electron chi connectivity index (χ1n) is 7.88. The number of thioether (sulfide) groups is 1. The Morgan fingerprint density at radius 2 is 2.12 bits per heavy atom. The number of hydrogen-bond donors (Lipinski definition) is 0. The third-order valence-corrected chi connectivity index (χ3v) is 6.91. The van der Waals surface area contributed by atoms with Gasteiger partial charge in [-0.15, -0.1) is 16.8 Å². The normalized spacial score (nSPS) is 18.8. The van der Waals surface area contributed by atoms with Crippen LogP contribution in [0.15, 0.2) is 42.1 Å². The van der Waals surface area contributed by atoms with E-state index in [-0.39, 0.29) is 17.4 Å². The fourth-order valence-corrected chi connectivity index (χ4v) is 5.48. The first kappa shape index (κ1) is 17.7. The molecule has 1 aliphatic heterocycles. The van der Waals surface area contributed by atoms with E-state index in [4.69, 9.17) is 5.26 Å². The second-order valence-electron chi connectivity index (χ2n) is 5.94. The van der Waals surface area contributed by atoms with E-state index < -0.39 is 9.84 Å². The number of sulfone groups is 1. The molecule has 2 heterocycles. The van der Waals surface area contributed by atoms with Crippen LogP contribution in [0.2, 0.25) is 0 Å². The van der Waals surface area contributed by atoms with Gasteiger partial charge in [-0.25, -0.2) is 8.42 Å². The van der Waals surface area contributed by atoms with E-state index in [1.165, 1.54) is 0 Å². The Morgan fingerprint density at radius 1 is 1.36 bits per heavy atom. The van der Waals surface area contributed by atoms with Gasteiger partial charge in [0.1, 0.15) is 5.82 Å². The summed E-state index contributed by atoms with van der Waals surface area (Å²) in [7, 11) is -2.97. The first-order chi connectivity index (χ1) is 12.0. The molecule has 0 bridgehead atoms. The summed E-state index contributed by atoms with van der Waals surface area (Å²) in [4.78, 5) is 0. The van der Waals surface area contributed by atoms with Crippen molar-refractivity contribution in [2.24, 2.45) is 0 Å². The van der Waals surface area contributed by atoms with Gasteiger partial charge >= 0.3 is 0 Å². The summed E-state index contributed by atoms with van der Waals surface area (Å²) in [5.74, 6) is 1.68. The number of nitriles is 1. The third-order valence-electron chi connectivity index (χ3n) is 4.11. The maximum absolute atomic E-state index is 11.7. The van der Waals surface area contributed by atoms with Crippen molar-refractivity contribution in [2.75, 3.05) is 11.5 Å². The highest BCUT2D eigenvalue weighted by Gasteiger charge is 2.33. The van der Waals surface area contributed by atoms with Gasteiger partial charge in [-0.2, -0.15) is 5.26 Å². The second kappa shape index (κ2) is 7.42. The van der Waals surface area contributed by atoms with Crippen LogP contribution >= 0.6 is 11.8 Å². The molecule has 0 unspecified atom stereocenters. The van der Waals surface area contributed by atoms with Crippen LogP contribution in [0.3, 0.4) is 0 Å². The van der Waals surface area contributed by atoms with Crippen LogP contribution in [0, 0.1) is 11.3 Å². The molecule has 1 aromatic heterocycles. The van der Waals surface area contributed by atoms with Crippen molar-refractivity contribution in [3.05, 3.63) is 53.9 Å². The molecular weight excluding hydrogens is 356 g/mol. The molecule has 1 fully saturated rings. The van der Waals surface area contributed by atoms with Crippen LogP contribution in [-0.4, -0.2) is 34.7 Å². The Morgan fingerprint density at radius 3 is 2.72 bits per heavy atom. The molecule has 0 spiro atoms. The van der Waals surface area contributed by atoms with E-state index in [0.29, 0.717) is 24.3 Å². The van der Waals surface area contributed by atoms with Gasteiger partial charge in [0.2, 0.25) is 0 Å². The molecule has 1 saturated heterocycles. The fourth-order valence-electron chi connectivity index (χ4n) is 2.83. The zero-order chi connectivity index (χ0) is 17.9. The van der Waals surface area contributed by atoms with Gasteiger partial charge in [-0.05, 0) is 24.1 Å². The quantitative estimate of drug-likeness (QED) is 0.570. The molecule has 25 heavy (non-hydrogen) atoms. The van der Waals surface area contributed by atoms with Crippen molar-refractivity contribution in [1.82, 2.24) is 14.8 Å². The van der Waals surface area contributed by atoms with E-state index in [2.05, 4.69) is 22.8 Å². The molecule has 0 amide bonds. The van der Waals surface area contributed by atoms with E-state index in [9.17, 15) is 8.42 Å². The highest BCUT2D eigenvalue weighted by atomic mass is 32.2. The summed E-state index contributed by atoms with van der Waals surface area (Å²) in [5.41, 5.74) is 1.72. The SMILES string of the molecule is C=CCn1c(SCc2ccc(C#N)cc2)nnc1[C@H]1CCS(=O)(=O)C1. The van der Waals surface area contributed by atoms with Gasteiger partial charge in [-0.3, -0.25) is 0 Å². The highest BCUT2D eigenvalue weighted by molar-refractivity contribution is 7.98. The topological polar surface area (TPSA) is 88.6 Å². The average Bonchev–Trinajstić information content (AvgIpc) is 3.16. The predicted molar refractivity (Wildman–Crippen MR) is 96.9 cm³/mol. The largest absolute Gasteiger partial charge is 0.302 e. The van der Waals surface area contributed by atoms with Crippen LogP contribution in [0.4, 0.5) is 0 Å². The standard InChI is InChI=1S/C17H18N4O2S2/c1-2-8-21-16(15-7-9-25(22,23)12-15)19-20-17(21)24-11-14-5-3-13(10-18)4-6-14/h2-6,15H,1,7-9,11-12H2/t15-/m0/s1. The van der Waals surface area contributed by atoms with Crippen molar-refractivity contribution in [2.45, 2.75) is 29.8 Å². The number of allylic oxidation sites excluding steroid dienone is 1. The minimum Gasteiger partial charge on any atom is -0.302 e. The summed E-state index contributed by atoms with van der Waals surface area (Å²) in [6.45, 7) is 4.33. The Labute approximate surface area is 151 Å². The highest BCUT2D eigenvalue weighted by Crippen LogP contribution is 2.31. The minimum absolute atomic E-state index is 0.0956. The molecule has 1 aromatic carbocycles. The van der Waals surface area contributed by atoms with Crippen LogP contribution in [0.1, 0.15) is 29.3 Å². The van der Waals surface area contributed by atoms with Crippen LogP contribution < -0.4 is 0 Å². The molecule has 0 radical (unpaired) electrons. The number of benzene rings is 1. The molecule has 0 saturated carbocycles. The number of nitrogens with zero attached hydrogens (tertiary/aromatic N) is 4. The fraction of sp³-hybridized carbons (Fsp3) is 0.353. The number of hydrogen-bond acceptors (Lipinski definition) is 6. The van der Waals surface area contributed by atoms with Crippen molar-refractivity contribution >= 4 is 21.6 Å².